The Bertz CT molecular complexity index is 1210. The third-order valence-electron chi connectivity index (χ3n) is 6.41. The van der Waals surface area contributed by atoms with Crippen LogP contribution in [0.2, 0.25) is 0 Å². The Balaban J connectivity index is 1.50. The molecule has 1 aliphatic rings. The quantitative estimate of drug-likeness (QED) is 0.460. The maximum atomic E-state index is 14.4. The number of imide groups is 1. The third-order valence-corrected chi connectivity index (χ3v) is 6.41. The molecule has 0 aliphatic carbocycles. The molecule has 0 radical (unpaired) electrons. The summed E-state index contributed by atoms with van der Waals surface area (Å²) in [4.78, 5) is 41.6. The van der Waals surface area contributed by atoms with Crippen LogP contribution in [0.3, 0.4) is 0 Å². The Hall–Kier alpha value is -4.07. The van der Waals surface area contributed by atoms with Crippen molar-refractivity contribution in [2.24, 2.45) is 0 Å². The summed E-state index contributed by atoms with van der Waals surface area (Å²) < 4.78 is 28.2. The Labute approximate surface area is 208 Å². The summed E-state index contributed by atoms with van der Waals surface area (Å²) in [6, 6.07) is 21.3. The number of carbonyl (C=O) groups is 3. The Kier molecular flexibility index (Phi) is 7.43. The summed E-state index contributed by atoms with van der Waals surface area (Å²) >= 11 is 0. The van der Waals surface area contributed by atoms with Gasteiger partial charge in [0.05, 0.1) is 0 Å². The van der Waals surface area contributed by atoms with E-state index in [1.165, 1.54) is 6.92 Å². The summed E-state index contributed by atoms with van der Waals surface area (Å²) in [6.45, 7) is 1.60. The number of benzene rings is 3. The van der Waals surface area contributed by atoms with Crippen molar-refractivity contribution in [3.05, 3.63) is 107 Å². The van der Waals surface area contributed by atoms with E-state index >= 15 is 0 Å². The molecule has 4 rings (SSSR count). The van der Waals surface area contributed by atoms with Gasteiger partial charge in [-0.25, -0.2) is 13.6 Å². The van der Waals surface area contributed by atoms with E-state index in [0.717, 1.165) is 34.2 Å². The number of hydrogen-bond donors (Lipinski definition) is 1. The molecule has 1 aliphatic heterocycles. The standard InChI is InChI=1S/C28H27F2N3O3/c1-28(23-18-22(29)12-13-24(23)30)26(35)33(27(36)31-28)19-25(34)32(16-14-20-8-4-2-5-9-20)17-15-21-10-6-3-7-11-21/h2-13,18H,14-17,19H2,1H3,(H,31,36). The molecule has 36 heavy (non-hydrogen) atoms. The zero-order valence-electron chi connectivity index (χ0n) is 19.9. The number of carbonyl (C=O) groups excluding carboxylic acids is 3. The van der Waals surface area contributed by atoms with Crippen LogP contribution < -0.4 is 5.32 Å². The maximum absolute atomic E-state index is 14.4. The highest BCUT2D eigenvalue weighted by molar-refractivity contribution is 6.09. The fourth-order valence-corrected chi connectivity index (χ4v) is 4.32. The van der Waals surface area contributed by atoms with Gasteiger partial charge in [-0.05, 0) is 49.1 Å². The van der Waals surface area contributed by atoms with E-state index in [9.17, 15) is 23.2 Å². The fraction of sp³-hybridized carbons (Fsp3) is 0.250. The molecule has 1 atom stereocenters. The van der Waals surface area contributed by atoms with Crippen molar-refractivity contribution >= 4 is 17.8 Å². The van der Waals surface area contributed by atoms with Crippen molar-refractivity contribution in [2.45, 2.75) is 25.3 Å². The van der Waals surface area contributed by atoms with E-state index < -0.39 is 41.6 Å². The lowest BCUT2D eigenvalue weighted by atomic mass is 9.91. The minimum atomic E-state index is -1.82. The van der Waals surface area contributed by atoms with Crippen molar-refractivity contribution in [3.63, 3.8) is 0 Å². The smallest absolute Gasteiger partial charge is 0.325 e. The van der Waals surface area contributed by atoms with Gasteiger partial charge in [-0.2, -0.15) is 0 Å². The van der Waals surface area contributed by atoms with Crippen LogP contribution in [0.5, 0.6) is 0 Å². The predicted molar refractivity (Wildman–Crippen MR) is 131 cm³/mol. The van der Waals surface area contributed by atoms with E-state index in [4.69, 9.17) is 0 Å². The second kappa shape index (κ2) is 10.7. The van der Waals surface area contributed by atoms with Crippen LogP contribution in [0.15, 0.2) is 78.9 Å². The van der Waals surface area contributed by atoms with Gasteiger partial charge in [0, 0.05) is 18.7 Å². The number of nitrogens with zero attached hydrogens (tertiary/aromatic N) is 2. The molecule has 3 aromatic carbocycles. The van der Waals surface area contributed by atoms with Gasteiger partial charge < -0.3 is 10.2 Å². The zero-order chi connectivity index (χ0) is 25.7. The fourth-order valence-electron chi connectivity index (χ4n) is 4.32. The first-order chi connectivity index (χ1) is 17.3. The van der Waals surface area contributed by atoms with Crippen LogP contribution in [0.25, 0.3) is 0 Å². The molecule has 4 amide bonds. The molecule has 6 nitrogen and oxygen atoms in total. The number of rotatable bonds is 9. The van der Waals surface area contributed by atoms with Crippen LogP contribution >= 0.6 is 0 Å². The Morgan fingerprint density at radius 1 is 0.889 bits per heavy atom. The molecule has 8 heteroatoms. The highest BCUT2D eigenvalue weighted by atomic mass is 19.1. The molecule has 186 valence electrons. The van der Waals surface area contributed by atoms with Gasteiger partial charge in [0.15, 0.2) is 0 Å². The summed E-state index contributed by atoms with van der Waals surface area (Å²) in [5, 5.41) is 2.43. The molecule has 1 saturated heterocycles. The second-order valence-electron chi connectivity index (χ2n) is 8.92. The van der Waals surface area contributed by atoms with Crippen molar-refractivity contribution in [1.82, 2.24) is 15.1 Å². The molecule has 1 N–H and O–H groups in total. The average molecular weight is 492 g/mol. The van der Waals surface area contributed by atoms with Gasteiger partial charge in [0.2, 0.25) is 5.91 Å². The lowest BCUT2D eigenvalue weighted by Crippen LogP contribution is -2.45. The van der Waals surface area contributed by atoms with Crippen LogP contribution in [0, 0.1) is 11.6 Å². The van der Waals surface area contributed by atoms with Crippen molar-refractivity contribution in [3.8, 4) is 0 Å². The second-order valence-corrected chi connectivity index (χ2v) is 8.92. The number of nitrogens with one attached hydrogen (secondary N) is 1. The van der Waals surface area contributed by atoms with E-state index in [-0.39, 0.29) is 5.56 Å². The third kappa shape index (κ3) is 5.43. The molecule has 3 aromatic rings. The van der Waals surface area contributed by atoms with Crippen molar-refractivity contribution in [1.29, 1.82) is 0 Å². The molecule has 1 unspecified atom stereocenters. The Morgan fingerprint density at radius 2 is 1.44 bits per heavy atom. The molecule has 0 saturated carbocycles. The molecular formula is C28H27F2N3O3. The lowest BCUT2D eigenvalue weighted by molar-refractivity contribution is -0.139. The minimum Gasteiger partial charge on any atom is -0.340 e. The molecule has 0 aromatic heterocycles. The van der Waals surface area contributed by atoms with E-state index in [1.807, 2.05) is 60.7 Å². The number of halogens is 2. The lowest BCUT2D eigenvalue weighted by Gasteiger charge is -2.26. The first-order valence-electron chi connectivity index (χ1n) is 11.7. The zero-order valence-corrected chi connectivity index (χ0v) is 19.9. The number of amides is 4. The summed E-state index contributed by atoms with van der Waals surface area (Å²) in [7, 11) is 0. The first kappa shape index (κ1) is 25.0. The molecule has 1 fully saturated rings. The minimum absolute atomic E-state index is 0.291. The maximum Gasteiger partial charge on any atom is 0.325 e. The topological polar surface area (TPSA) is 69.7 Å². The number of urea groups is 1. The highest BCUT2D eigenvalue weighted by Crippen LogP contribution is 2.31. The van der Waals surface area contributed by atoms with Crippen LogP contribution in [-0.4, -0.2) is 47.3 Å². The average Bonchev–Trinajstić information content (AvgIpc) is 3.10. The summed E-state index contributed by atoms with van der Waals surface area (Å²) in [5.74, 6) is -2.78. The van der Waals surface area contributed by atoms with Crippen molar-refractivity contribution < 1.29 is 23.2 Å². The predicted octanol–water partition coefficient (Wildman–Crippen LogP) is 4.05. The molecule has 1 heterocycles. The van der Waals surface area contributed by atoms with E-state index in [1.54, 1.807) is 4.90 Å². The highest BCUT2D eigenvalue weighted by Gasteiger charge is 2.51. The van der Waals surface area contributed by atoms with Gasteiger partial charge in [0.1, 0.15) is 23.7 Å². The molecular weight excluding hydrogens is 464 g/mol. The summed E-state index contributed by atoms with van der Waals surface area (Å²) in [6.07, 6.45) is 1.21. The van der Waals surface area contributed by atoms with Gasteiger partial charge in [-0.1, -0.05) is 60.7 Å². The van der Waals surface area contributed by atoms with Crippen LogP contribution in [0.4, 0.5) is 13.6 Å². The van der Waals surface area contributed by atoms with E-state index in [0.29, 0.717) is 25.9 Å². The van der Waals surface area contributed by atoms with Gasteiger partial charge in [0.25, 0.3) is 5.91 Å². The summed E-state index contributed by atoms with van der Waals surface area (Å²) in [5.41, 5.74) is 0.00162. The largest absolute Gasteiger partial charge is 0.340 e. The van der Waals surface area contributed by atoms with Gasteiger partial charge >= 0.3 is 6.03 Å². The first-order valence-corrected chi connectivity index (χ1v) is 11.7. The van der Waals surface area contributed by atoms with E-state index in [2.05, 4.69) is 5.32 Å². The normalized spacial score (nSPS) is 17.2. The monoisotopic (exact) mass is 491 g/mol. The van der Waals surface area contributed by atoms with Gasteiger partial charge in [-0.15, -0.1) is 0 Å². The molecule has 0 bridgehead atoms. The Morgan fingerprint density at radius 3 is 2.00 bits per heavy atom. The SMILES string of the molecule is CC1(c2cc(F)ccc2F)NC(=O)N(CC(=O)N(CCc2ccccc2)CCc2ccccc2)C1=O. The van der Waals surface area contributed by atoms with Crippen LogP contribution in [0.1, 0.15) is 23.6 Å². The van der Waals surface area contributed by atoms with Crippen LogP contribution in [-0.2, 0) is 28.0 Å². The van der Waals surface area contributed by atoms with Gasteiger partial charge in [-0.3, -0.25) is 14.5 Å². The number of hydrogen-bond acceptors (Lipinski definition) is 3. The molecule has 0 spiro atoms. The van der Waals surface area contributed by atoms with Crippen molar-refractivity contribution in [2.75, 3.05) is 19.6 Å².